The minimum Gasteiger partial charge on any atom is -0.399 e. The fraction of sp³-hybridized carbons (Fsp3) is 0.480. The number of sulfonamides is 1. The van der Waals surface area contributed by atoms with E-state index in [1.54, 1.807) is 32.9 Å². The monoisotopic (exact) mass is 486 g/mol. The van der Waals surface area contributed by atoms with E-state index >= 15 is 0 Å². The third-order valence-corrected chi connectivity index (χ3v) is 7.83. The Kier molecular flexibility index (Phi) is 7.34. The molecule has 1 aliphatic rings. The van der Waals surface area contributed by atoms with Crippen LogP contribution in [0.25, 0.3) is 0 Å². The lowest BCUT2D eigenvalue weighted by Gasteiger charge is -2.32. The van der Waals surface area contributed by atoms with Crippen LogP contribution in [0, 0.1) is 0 Å². The minimum atomic E-state index is -3.92. The Hall–Kier alpha value is -2.20. The van der Waals surface area contributed by atoms with Gasteiger partial charge in [0, 0.05) is 17.5 Å². The van der Waals surface area contributed by atoms with Gasteiger partial charge in [-0.3, -0.25) is 4.79 Å². The van der Waals surface area contributed by atoms with Crippen molar-refractivity contribution in [1.29, 1.82) is 0 Å². The Morgan fingerprint density at radius 2 is 1.53 bits per heavy atom. The summed E-state index contributed by atoms with van der Waals surface area (Å²) in [6.07, 6.45) is 0.0501. The zero-order chi connectivity index (χ0) is 25.4. The van der Waals surface area contributed by atoms with Crippen LogP contribution in [0.2, 0.25) is 0 Å². The lowest BCUT2D eigenvalue weighted by atomic mass is 9.78. The molecule has 2 aromatic carbocycles. The standard InChI is InChI=1S/C25H35BN2O5S/c1-23(2,3)28-34(30,31)21-15-19(16-22(29)27-17-18-11-9-8-10-12-18)13-14-20(21)26-32-24(4,5)25(6,7)33-26/h8-15,28H,16-17H2,1-7H3,(H,27,29). The molecule has 0 atom stereocenters. The quantitative estimate of drug-likeness (QED) is 0.587. The highest BCUT2D eigenvalue weighted by molar-refractivity contribution is 7.89. The summed E-state index contributed by atoms with van der Waals surface area (Å²) in [5.74, 6) is -0.195. The number of hydrogen-bond acceptors (Lipinski definition) is 5. The average Bonchev–Trinajstić information content (AvgIpc) is 2.92. The predicted molar refractivity (Wildman–Crippen MR) is 134 cm³/mol. The van der Waals surface area contributed by atoms with Crippen LogP contribution in [0.15, 0.2) is 53.4 Å². The number of carbonyl (C=O) groups is 1. The summed E-state index contributed by atoms with van der Waals surface area (Å²) in [5, 5.41) is 2.88. The first-order valence-corrected chi connectivity index (χ1v) is 12.9. The molecule has 184 valence electrons. The van der Waals surface area contributed by atoms with Gasteiger partial charge < -0.3 is 14.6 Å². The highest BCUT2D eigenvalue weighted by Crippen LogP contribution is 2.37. The second-order valence-electron chi connectivity index (χ2n) is 10.8. The first-order valence-electron chi connectivity index (χ1n) is 11.4. The zero-order valence-corrected chi connectivity index (χ0v) is 21.9. The maximum Gasteiger partial charge on any atom is 0.496 e. The van der Waals surface area contributed by atoms with Crippen molar-refractivity contribution < 1.29 is 22.5 Å². The van der Waals surface area contributed by atoms with E-state index in [2.05, 4.69) is 10.0 Å². The second kappa shape index (κ2) is 9.45. The summed E-state index contributed by atoms with van der Waals surface area (Å²) in [5.41, 5.74) is 0.0569. The molecule has 3 rings (SSSR count). The molecule has 7 nitrogen and oxygen atoms in total. The minimum absolute atomic E-state index is 0.0501. The van der Waals surface area contributed by atoms with Crippen LogP contribution < -0.4 is 15.5 Å². The number of hydrogen-bond donors (Lipinski definition) is 2. The number of rotatable bonds is 7. The third kappa shape index (κ3) is 6.27. The largest absolute Gasteiger partial charge is 0.496 e. The van der Waals surface area contributed by atoms with Crippen molar-refractivity contribution in [2.24, 2.45) is 0 Å². The van der Waals surface area contributed by atoms with Crippen molar-refractivity contribution in [1.82, 2.24) is 10.0 Å². The highest BCUT2D eigenvalue weighted by Gasteiger charge is 2.52. The van der Waals surface area contributed by atoms with E-state index < -0.39 is 33.9 Å². The van der Waals surface area contributed by atoms with Gasteiger partial charge in [0.15, 0.2) is 0 Å². The van der Waals surface area contributed by atoms with Crippen molar-refractivity contribution in [2.45, 2.75) is 83.1 Å². The van der Waals surface area contributed by atoms with Gasteiger partial charge in [0.2, 0.25) is 15.9 Å². The molecule has 0 radical (unpaired) electrons. The molecule has 2 aromatic rings. The maximum atomic E-state index is 13.4. The van der Waals surface area contributed by atoms with Crippen LogP contribution in [0.4, 0.5) is 0 Å². The predicted octanol–water partition coefficient (Wildman–Crippen LogP) is 2.92. The van der Waals surface area contributed by atoms with Crippen LogP contribution in [-0.4, -0.2) is 38.2 Å². The Bertz CT molecular complexity index is 1130. The highest BCUT2D eigenvalue weighted by atomic mass is 32.2. The van der Waals surface area contributed by atoms with Gasteiger partial charge in [0.1, 0.15) is 0 Å². The van der Waals surface area contributed by atoms with E-state index in [4.69, 9.17) is 9.31 Å². The molecule has 1 aliphatic heterocycles. The fourth-order valence-corrected chi connectivity index (χ4v) is 5.29. The second-order valence-corrected chi connectivity index (χ2v) is 12.4. The van der Waals surface area contributed by atoms with Crippen LogP contribution >= 0.6 is 0 Å². The van der Waals surface area contributed by atoms with E-state index in [9.17, 15) is 13.2 Å². The van der Waals surface area contributed by atoms with Gasteiger partial charge in [0.05, 0.1) is 22.5 Å². The van der Waals surface area contributed by atoms with Gasteiger partial charge in [-0.25, -0.2) is 13.1 Å². The third-order valence-electron chi connectivity index (χ3n) is 6.01. The van der Waals surface area contributed by atoms with Gasteiger partial charge in [-0.15, -0.1) is 0 Å². The van der Waals surface area contributed by atoms with Crippen molar-refractivity contribution in [3.63, 3.8) is 0 Å². The Labute approximate surface area is 203 Å². The summed E-state index contributed by atoms with van der Waals surface area (Å²) in [7, 11) is -4.77. The molecule has 0 unspecified atom stereocenters. The lowest BCUT2D eigenvalue weighted by molar-refractivity contribution is -0.120. The average molecular weight is 486 g/mol. The summed E-state index contributed by atoms with van der Waals surface area (Å²) in [6, 6.07) is 14.6. The van der Waals surface area contributed by atoms with Crippen molar-refractivity contribution in [2.75, 3.05) is 0 Å². The lowest BCUT2D eigenvalue weighted by Crippen LogP contribution is -2.45. The summed E-state index contributed by atoms with van der Waals surface area (Å²) < 4.78 is 41.7. The summed E-state index contributed by atoms with van der Waals surface area (Å²) in [6.45, 7) is 13.4. The van der Waals surface area contributed by atoms with Gasteiger partial charge in [-0.1, -0.05) is 42.5 Å². The molecular formula is C25H35BN2O5S. The molecule has 1 fully saturated rings. The molecule has 9 heteroatoms. The van der Waals surface area contributed by atoms with Crippen molar-refractivity contribution in [3.8, 4) is 0 Å². The molecule has 0 saturated carbocycles. The van der Waals surface area contributed by atoms with E-state index in [1.165, 1.54) is 6.07 Å². The molecule has 0 bridgehead atoms. The van der Waals surface area contributed by atoms with Crippen LogP contribution in [0.3, 0.4) is 0 Å². The molecule has 1 saturated heterocycles. The molecular weight excluding hydrogens is 451 g/mol. The Morgan fingerprint density at radius 1 is 0.941 bits per heavy atom. The summed E-state index contributed by atoms with van der Waals surface area (Å²) in [4.78, 5) is 12.6. The number of benzene rings is 2. The molecule has 0 aromatic heterocycles. The molecule has 1 heterocycles. The van der Waals surface area contributed by atoms with Crippen LogP contribution in [0.1, 0.15) is 59.6 Å². The van der Waals surface area contributed by atoms with Crippen molar-refractivity contribution >= 4 is 28.5 Å². The van der Waals surface area contributed by atoms with Crippen LogP contribution in [0.5, 0.6) is 0 Å². The van der Waals surface area contributed by atoms with Gasteiger partial charge in [-0.2, -0.15) is 0 Å². The molecule has 34 heavy (non-hydrogen) atoms. The smallest absolute Gasteiger partial charge is 0.399 e. The topological polar surface area (TPSA) is 93.7 Å². The summed E-state index contributed by atoms with van der Waals surface area (Å²) >= 11 is 0. The van der Waals surface area contributed by atoms with Gasteiger partial charge in [-0.05, 0) is 65.7 Å². The SMILES string of the molecule is CC(C)(C)NS(=O)(=O)c1cc(CC(=O)NCc2ccccc2)ccc1B1OC(C)(C)C(C)(C)O1. The first kappa shape index (κ1) is 26.4. The Morgan fingerprint density at radius 3 is 2.09 bits per heavy atom. The Balaban J connectivity index is 1.90. The molecule has 0 spiro atoms. The first-order chi connectivity index (χ1) is 15.6. The van der Waals surface area contributed by atoms with Crippen LogP contribution in [-0.2, 0) is 37.1 Å². The number of nitrogens with one attached hydrogen (secondary N) is 2. The molecule has 0 aliphatic carbocycles. The number of carbonyl (C=O) groups excluding carboxylic acids is 1. The van der Waals surface area contributed by atoms with Gasteiger partial charge in [0.25, 0.3) is 0 Å². The normalized spacial score (nSPS) is 17.6. The zero-order valence-electron chi connectivity index (χ0n) is 21.1. The number of amides is 1. The van der Waals surface area contributed by atoms with Gasteiger partial charge >= 0.3 is 7.12 Å². The maximum absolute atomic E-state index is 13.4. The molecule has 2 N–H and O–H groups in total. The van der Waals surface area contributed by atoms with E-state index in [-0.39, 0.29) is 17.2 Å². The molecule has 1 amide bonds. The fourth-order valence-electron chi connectivity index (χ4n) is 3.59. The van der Waals surface area contributed by atoms with Crippen molar-refractivity contribution in [3.05, 3.63) is 59.7 Å². The van der Waals surface area contributed by atoms with E-state index in [0.29, 0.717) is 17.6 Å². The van der Waals surface area contributed by atoms with E-state index in [1.807, 2.05) is 58.0 Å². The van der Waals surface area contributed by atoms with E-state index in [0.717, 1.165) is 5.56 Å².